The van der Waals surface area contributed by atoms with Gasteiger partial charge < -0.3 is 34.2 Å². The number of phosphoric ester groups is 2. The molecule has 0 radical (unpaired) electrons. The molecule has 18 heteroatoms. The second-order valence-corrected chi connectivity index (χ2v) is 32.2. The predicted octanol–water partition coefficient (Wildman–Crippen LogP) is 27.8. The average molecular weight is 1670 g/mol. The lowest BCUT2D eigenvalue weighted by Gasteiger charge is -2.21. The molecule has 5 unspecified atom stereocenters. The molecule has 662 valence electrons. The van der Waals surface area contributed by atoms with Crippen molar-refractivity contribution in [2.24, 2.45) is 0 Å². The van der Waals surface area contributed by atoms with E-state index in [1.807, 2.05) is 0 Å². The number of carbonyl (C=O) groups is 3. The summed E-state index contributed by atoms with van der Waals surface area (Å²) in [4.78, 5) is 59.0. The van der Waals surface area contributed by atoms with Crippen LogP contribution in [-0.2, 0) is 55.8 Å². The van der Waals surface area contributed by atoms with Gasteiger partial charge in [0.2, 0.25) is 0 Å². The van der Waals surface area contributed by atoms with Gasteiger partial charge in [0.15, 0.2) is 6.10 Å². The largest absolute Gasteiger partial charge is 0.472 e. The average Bonchev–Trinajstić information content (AvgIpc) is 0.901. The number of ether oxygens (including phenoxy) is 3. The van der Waals surface area contributed by atoms with Crippen molar-refractivity contribution < 1.29 is 75.8 Å². The van der Waals surface area contributed by atoms with Gasteiger partial charge in [-0.05, 0) is 173 Å². The van der Waals surface area contributed by atoms with E-state index in [0.29, 0.717) is 19.3 Å². The molecular formula is C99H160O16P2. The van der Waals surface area contributed by atoms with Crippen molar-refractivity contribution in [3.05, 3.63) is 219 Å². The maximum atomic E-state index is 13.1. The molecule has 4 N–H and O–H groups in total. The highest BCUT2D eigenvalue weighted by Crippen LogP contribution is 2.45. The van der Waals surface area contributed by atoms with Crippen LogP contribution in [0.2, 0.25) is 0 Å². The summed E-state index contributed by atoms with van der Waals surface area (Å²) in [7, 11) is -9.84. The summed E-state index contributed by atoms with van der Waals surface area (Å²) in [6.07, 6.45) is 121. The molecule has 0 aromatic carbocycles. The van der Waals surface area contributed by atoms with Crippen LogP contribution in [0.1, 0.15) is 329 Å². The number of hydrogen-bond donors (Lipinski definition) is 4. The lowest BCUT2D eigenvalue weighted by atomic mass is 10.0. The number of unbranched alkanes of at least 4 members (excludes halogenated alkanes) is 24. The van der Waals surface area contributed by atoms with Crippen LogP contribution in [0.3, 0.4) is 0 Å². The third kappa shape index (κ3) is 90.5. The molecule has 5 atom stereocenters. The smallest absolute Gasteiger partial charge is 0.463 e. The highest BCUT2D eigenvalue weighted by atomic mass is 31.2. The first-order chi connectivity index (χ1) is 57.2. The zero-order chi connectivity index (χ0) is 85.1. The Kier molecular flexibility index (Phi) is 84.5. The summed E-state index contributed by atoms with van der Waals surface area (Å²) in [5.41, 5.74) is 0. The number of aliphatic hydroxyl groups excluding tert-OH is 2. The summed E-state index contributed by atoms with van der Waals surface area (Å²) in [5, 5.41) is 20.7. The molecule has 0 aromatic heterocycles. The summed E-state index contributed by atoms with van der Waals surface area (Å²) in [6, 6.07) is 0. The van der Waals surface area contributed by atoms with Gasteiger partial charge in [-0.3, -0.25) is 32.5 Å². The van der Waals surface area contributed by atoms with E-state index in [-0.39, 0.29) is 19.3 Å². The number of rotatable bonds is 83. The summed E-state index contributed by atoms with van der Waals surface area (Å²) in [5.74, 6) is -1.62. The van der Waals surface area contributed by atoms with Crippen LogP contribution in [0.5, 0.6) is 0 Å². The Labute approximate surface area is 711 Å². The zero-order valence-corrected chi connectivity index (χ0v) is 74.6. The molecule has 0 aliphatic rings. The van der Waals surface area contributed by atoms with Crippen LogP contribution < -0.4 is 0 Å². The summed E-state index contributed by atoms with van der Waals surface area (Å²) in [6.45, 7) is 2.30. The quantitative estimate of drug-likeness (QED) is 0.0146. The Bertz CT molecular complexity index is 3010. The minimum absolute atomic E-state index is 0.0639. The van der Waals surface area contributed by atoms with Gasteiger partial charge in [0.1, 0.15) is 25.4 Å². The van der Waals surface area contributed by atoms with Gasteiger partial charge in [0.05, 0.1) is 26.4 Å². The third-order valence-corrected chi connectivity index (χ3v) is 20.1. The molecule has 0 spiro atoms. The van der Waals surface area contributed by atoms with Crippen LogP contribution in [0.25, 0.3) is 0 Å². The number of hydrogen-bond acceptors (Lipinski definition) is 14. The second kappa shape index (κ2) is 89.1. The number of carbonyl (C=O) groups excluding carboxylic acids is 3. The fourth-order valence-electron chi connectivity index (χ4n) is 11.5. The Morgan fingerprint density at radius 1 is 0.239 bits per heavy atom. The Balaban J connectivity index is 4.69. The highest BCUT2D eigenvalue weighted by Gasteiger charge is 2.29. The van der Waals surface area contributed by atoms with Crippen LogP contribution in [0, 0.1) is 0 Å². The van der Waals surface area contributed by atoms with Crippen molar-refractivity contribution in [1.29, 1.82) is 0 Å². The van der Waals surface area contributed by atoms with E-state index < -0.39 is 91.5 Å². The number of esters is 3. The highest BCUT2D eigenvalue weighted by molar-refractivity contribution is 7.47. The topological polar surface area (TPSA) is 231 Å². The summed E-state index contributed by atoms with van der Waals surface area (Å²) >= 11 is 0. The number of phosphoric acid groups is 2. The first-order valence-electron chi connectivity index (χ1n) is 45.0. The predicted molar refractivity (Wildman–Crippen MR) is 490 cm³/mol. The first kappa shape index (κ1) is 111. The van der Waals surface area contributed by atoms with E-state index in [1.165, 1.54) is 57.8 Å². The van der Waals surface area contributed by atoms with Crippen LogP contribution in [-0.4, -0.2) is 95.9 Å². The molecule has 0 saturated carbocycles. The SMILES string of the molecule is CC/C=C\C/C=C\C/C=C\C/C=C\C/C=C\C/C=C\CCCCCCCCCCCCCCC(=O)OCC(O)COP(=O)(O)OCC(O)COP(=O)(O)OCC(COC(=O)CCCCCCCCCC/C=C\C/C=C\C/C=C\C/C=C\C/C=C\C/C=C\CC)OC(=O)CCCCCC/C=C\C/C=C\C/C=C\C/C=C\C/C=C\C/C=C\CC. The fraction of sp³-hybridized carbons (Fsp3) is 0.606. The molecule has 0 aliphatic heterocycles. The third-order valence-electron chi connectivity index (χ3n) is 18.2. The molecule has 0 aliphatic carbocycles. The standard InChI is InChI=1S/C99H160O16P2/c1-4-7-10-13-16-19-22-25-28-31-34-37-40-42-44-45-46-47-49-51-53-55-58-61-64-67-70-73-76-79-82-85-97(102)109-88-94(100)89-111-116(105,106)112-90-95(101)91-113-117(107,108)114-93-96(115-99(104)87-84-81-78-75-72-69-66-63-60-57-52-39-36-33-30-27-24-21-18-15-12-9-6-3)92-110-98(103)86-83-80-77-74-71-68-65-62-59-56-54-50-48-43-41-38-35-32-29-26-23-20-17-14-11-8-5-2/h7-12,16-21,25-30,34-39,42-44,46-48,54,56-57,60,66,69,94-96,100-101H,4-6,13-15,22-24,31-33,40-41,45,49-53,55,58-59,61-65,67-68,70-93H2,1-3H3,(H,105,106)(H,107,108)/b10-7-,11-8-,12-9-,19-16-,20-17-,21-18-,28-25-,29-26-,30-27-,37-34-,38-35-,39-36-,44-42-,47-46-,48-43-,56-54-,60-57-,69-66-. The van der Waals surface area contributed by atoms with Crippen LogP contribution in [0.15, 0.2) is 219 Å². The minimum Gasteiger partial charge on any atom is -0.463 e. The Morgan fingerprint density at radius 3 is 0.675 bits per heavy atom. The molecule has 117 heavy (non-hydrogen) atoms. The number of aliphatic hydroxyl groups is 2. The molecule has 0 fully saturated rings. The van der Waals surface area contributed by atoms with Crippen molar-refractivity contribution in [2.75, 3.05) is 39.6 Å². The van der Waals surface area contributed by atoms with E-state index >= 15 is 0 Å². The van der Waals surface area contributed by atoms with E-state index in [0.717, 1.165) is 212 Å². The van der Waals surface area contributed by atoms with Crippen molar-refractivity contribution in [1.82, 2.24) is 0 Å². The van der Waals surface area contributed by atoms with Crippen LogP contribution in [0.4, 0.5) is 0 Å². The molecule has 0 amide bonds. The van der Waals surface area contributed by atoms with Gasteiger partial charge >= 0.3 is 33.6 Å². The van der Waals surface area contributed by atoms with Gasteiger partial charge in [-0.15, -0.1) is 0 Å². The van der Waals surface area contributed by atoms with E-state index in [9.17, 15) is 43.5 Å². The molecule has 0 aromatic rings. The van der Waals surface area contributed by atoms with E-state index in [4.69, 9.17) is 32.3 Å². The fourth-order valence-corrected chi connectivity index (χ4v) is 13.0. The van der Waals surface area contributed by atoms with Gasteiger partial charge in [0.25, 0.3) is 0 Å². The molecule has 0 rings (SSSR count). The normalized spacial score (nSPS) is 14.8. The molecule has 0 saturated heterocycles. The van der Waals surface area contributed by atoms with E-state index in [1.54, 1.807) is 0 Å². The first-order valence-corrected chi connectivity index (χ1v) is 48.0. The summed E-state index contributed by atoms with van der Waals surface area (Å²) < 4.78 is 61.4. The lowest BCUT2D eigenvalue weighted by Crippen LogP contribution is -2.30. The van der Waals surface area contributed by atoms with Gasteiger partial charge in [-0.2, -0.15) is 0 Å². The monoisotopic (exact) mass is 1670 g/mol. The van der Waals surface area contributed by atoms with Crippen molar-refractivity contribution >= 4 is 33.6 Å². The van der Waals surface area contributed by atoms with Crippen LogP contribution >= 0.6 is 15.6 Å². The van der Waals surface area contributed by atoms with Crippen molar-refractivity contribution in [2.45, 2.75) is 347 Å². The molecule has 16 nitrogen and oxygen atoms in total. The Morgan fingerprint density at radius 2 is 0.427 bits per heavy atom. The minimum atomic E-state index is -4.96. The lowest BCUT2D eigenvalue weighted by molar-refractivity contribution is -0.161. The van der Waals surface area contributed by atoms with Crippen molar-refractivity contribution in [3.63, 3.8) is 0 Å². The molecular weight excluding hydrogens is 1510 g/mol. The van der Waals surface area contributed by atoms with E-state index in [2.05, 4.69) is 240 Å². The zero-order valence-electron chi connectivity index (χ0n) is 72.8. The Hall–Kier alpha value is -6.13. The number of allylic oxidation sites excluding steroid dienone is 36. The maximum absolute atomic E-state index is 13.1. The second-order valence-electron chi connectivity index (χ2n) is 29.3. The molecule has 0 heterocycles. The maximum Gasteiger partial charge on any atom is 0.472 e. The van der Waals surface area contributed by atoms with Gasteiger partial charge in [-0.25, -0.2) is 9.13 Å². The van der Waals surface area contributed by atoms with Crippen molar-refractivity contribution in [3.8, 4) is 0 Å². The van der Waals surface area contributed by atoms with Gasteiger partial charge in [-0.1, -0.05) is 355 Å². The molecule has 0 bridgehead atoms. The van der Waals surface area contributed by atoms with Gasteiger partial charge in [0, 0.05) is 19.3 Å².